The first-order chi connectivity index (χ1) is 14.0. The van der Waals surface area contributed by atoms with Crippen LogP contribution in [0.4, 0.5) is 0 Å². The van der Waals surface area contributed by atoms with E-state index in [0.717, 1.165) is 0 Å². The fourth-order valence-electron chi connectivity index (χ4n) is 2.92. The largest absolute Gasteiger partial charge is 0.507 e. The lowest BCUT2D eigenvalue weighted by Gasteiger charge is -2.38. The van der Waals surface area contributed by atoms with Gasteiger partial charge in [0, 0.05) is 28.5 Å². The maximum Gasteiger partial charge on any atom is 0.354 e. The standard InChI is InChI=1S/C22H27O6Si/c1-4-25-20(15-29)22(26-5-2,27-6-3)28-17-12-13-18(19(23)14-17)21(24)16-10-8-7-9-11-16/h7-14,20,23H,4-6,15H2,1-3H3. The van der Waals surface area contributed by atoms with Gasteiger partial charge in [-0.05, 0) is 38.9 Å². The molecule has 2 aromatic carbocycles. The van der Waals surface area contributed by atoms with Crippen molar-refractivity contribution in [2.75, 3.05) is 19.8 Å². The maximum absolute atomic E-state index is 12.6. The van der Waals surface area contributed by atoms with Crippen molar-refractivity contribution in [3.05, 3.63) is 59.7 Å². The van der Waals surface area contributed by atoms with Crippen molar-refractivity contribution in [2.24, 2.45) is 0 Å². The topological polar surface area (TPSA) is 74.2 Å². The molecule has 0 aromatic heterocycles. The van der Waals surface area contributed by atoms with Crippen LogP contribution < -0.4 is 4.74 Å². The van der Waals surface area contributed by atoms with E-state index >= 15 is 0 Å². The third-order valence-electron chi connectivity index (χ3n) is 4.15. The van der Waals surface area contributed by atoms with E-state index < -0.39 is 12.1 Å². The summed E-state index contributed by atoms with van der Waals surface area (Å²) >= 11 is 0. The van der Waals surface area contributed by atoms with Gasteiger partial charge in [0.05, 0.1) is 18.8 Å². The summed E-state index contributed by atoms with van der Waals surface area (Å²) in [7, 11) is 3.47. The Morgan fingerprint density at radius 2 is 1.69 bits per heavy atom. The quantitative estimate of drug-likeness (QED) is 0.324. The zero-order chi connectivity index (χ0) is 21.3. The van der Waals surface area contributed by atoms with Crippen molar-refractivity contribution in [1.82, 2.24) is 0 Å². The summed E-state index contributed by atoms with van der Waals surface area (Å²) in [6, 6.07) is 13.7. The van der Waals surface area contributed by atoms with Gasteiger partial charge in [-0.15, -0.1) is 0 Å². The molecule has 6 nitrogen and oxygen atoms in total. The van der Waals surface area contributed by atoms with E-state index in [1.54, 1.807) is 30.3 Å². The molecule has 0 saturated carbocycles. The van der Waals surface area contributed by atoms with Crippen molar-refractivity contribution in [3.63, 3.8) is 0 Å². The third-order valence-corrected chi connectivity index (χ3v) is 4.52. The first-order valence-electron chi connectivity index (χ1n) is 9.67. The van der Waals surface area contributed by atoms with Crippen molar-refractivity contribution in [2.45, 2.75) is 38.9 Å². The minimum atomic E-state index is -1.50. The molecule has 0 aliphatic rings. The number of hydrogen-bond donors (Lipinski definition) is 1. The fourth-order valence-corrected chi connectivity index (χ4v) is 3.29. The van der Waals surface area contributed by atoms with E-state index in [0.29, 0.717) is 37.2 Å². The normalized spacial score (nSPS) is 12.6. The molecule has 1 unspecified atom stereocenters. The van der Waals surface area contributed by atoms with E-state index in [2.05, 4.69) is 10.2 Å². The van der Waals surface area contributed by atoms with Gasteiger partial charge >= 0.3 is 5.97 Å². The molecule has 0 saturated heterocycles. The summed E-state index contributed by atoms with van der Waals surface area (Å²) in [4.78, 5) is 12.6. The minimum absolute atomic E-state index is 0.184. The second-order valence-electron chi connectivity index (χ2n) is 6.09. The molecule has 0 bridgehead atoms. The highest BCUT2D eigenvalue weighted by Crippen LogP contribution is 2.32. The smallest absolute Gasteiger partial charge is 0.354 e. The van der Waals surface area contributed by atoms with Crippen LogP contribution in [-0.4, -0.2) is 53.0 Å². The lowest BCUT2D eigenvalue weighted by Crippen LogP contribution is -2.53. The molecule has 1 atom stereocenters. The van der Waals surface area contributed by atoms with Crippen LogP contribution in [0, 0.1) is 0 Å². The van der Waals surface area contributed by atoms with E-state index in [1.807, 2.05) is 26.8 Å². The zero-order valence-corrected chi connectivity index (χ0v) is 18.0. The van der Waals surface area contributed by atoms with E-state index in [9.17, 15) is 9.90 Å². The summed E-state index contributed by atoms with van der Waals surface area (Å²) in [5.74, 6) is -1.68. The molecule has 1 N–H and O–H groups in total. The van der Waals surface area contributed by atoms with Gasteiger partial charge in [-0.1, -0.05) is 30.3 Å². The molecule has 3 radical (unpaired) electrons. The molecule has 2 aromatic rings. The maximum atomic E-state index is 12.6. The molecular formula is C22H27O6Si. The minimum Gasteiger partial charge on any atom is -0.507 e. The molecule has 155 valence electrons. The van der Waals surface area contributed by atoms with Crippen LogP contribution in [0.1, 0.15) is 36.7 Å². The lowest BCUT2D eigenvalue weighted by atomic mass is 10.0. The van der Waals surface area contributed by atoms with E-state index in [1.165, 1.54) is 12.1 Å². The lowest BCUT2D eigenvalue weighted by molar-refractivity contribution is -0.379. The van der Waals surface area contributed by atoms with Crippen molar-refractivity contribution < 1.29 is 28.8 Å². The van der Waals surface area contributed by atoms with Gasteiger partial charge in [0.2, 0.25) is 0 Å². The third kappa shape index (κ3) is 5.67. The molecular weight excluding hydrogens is 388 g/mol. The number of ether oxygens (including phenoxy) is 4. The summed E-state index contributed by atoms with van der Waals surface area (Å²) in [6.07, 6.45) is -0.558. The number of benzene rings is 2. The second kappa shape index (κ2) is 11.1. The van der Waals surface area contributed by atoms with Gasteiger partial charge in [-0.2, -0.15) is 0 Å². The van der Waals surface area contributed by atoms with Crippen LogP contribution in [0.5, 0.6) is 11.5 Å². The van der Waals surface area contributed by atoms with Crippen LogP contribution in [0.25, 0.3) is 0 Å². The Labute approximate surface area is 175 Å². The fraction of sp³-hybridized carbons (Fsp3) is 0.409. The molecule has 7 heteroatoms. The number of carbonyl (C=O) groups excluding carboxylic acids is 1. The first-order valence-corrected chi connectivity index (χ1v) is 10.4. The zero-order valence-electron chi connectivity index (χ0n) is 17.0. The number of ketones is 1. The molecule has 0 fully saturated rings. The molecule has 29 heavy (non-hydrogen) atoms. The van der Waals surface area contributed by atoms with Gasteiger partial charge in [-0.3, -0.25) is 4.79 Å². The molecule has 0 amide bonds. The average Bonchev–Trinajstić information content (AvgIpc) is 2.72. The number of phenols is 1. The molecule has 2 rings (SSSR count). The van der Waals surface area contributed by atoms with Crippen LogP contribution in [0.15, 0.2) is 48.5 Å². The highest BCUT2D eigenvalue weighted by molar-refractivity contribution is 6.10. The molecule has 0 heterocycles. The Morgan fingerprint density at radius 1 is 1.03 bits per heavy atom. The Hall–Kier alpha value is -2.19. The van der Waals surface area contributed by atoms with Gasteiger partial charge < -0.3 is 24.1 Å². The van der Waals surface area contributed by atoms with Gasteiger partial charge in [-0.25, -0.2) is 0 Å². The van der Waals surface area contributed by atoms with Crippen molar-refractivity contribution in [3.8, 4) is 11.5 Å². The Morgan fingerprint density at radius 3 is 2.21 bits per heavy atom. The van der Waals surface area contributed by atoms with Crippen LogP contribution in [0.3, 0.4) is 0 Å². The molecule has 0 aliphatic carbocycles. The highest BCUT2D eigenvalue weighted by atomic mass is 28.1. The highest BCUT2D eigenvalue weighted by Gasteiger charge is 2.44. The number of hydrogen-bond acceptors (Lipinski definition) is 6. The molecule has 0 spiro atoms. The number of aromatic hydroxyl groups is 1. The average molecular weight is 416 g/mol. The molecule has 0 aliphatic heterocycles. The number of phenolic OH excluding ortho intramolecular Hbond substituents is 1. The van der Waals surface area contributed by atoms with Crippen LogP contribution >= 0.6 is 0 Å². The Bertz CT molecular complexity index is 774. The van der Waals surface area contributed by atoms with Crippen molar-refractivity contribution >= 4 is 16.0 Å². The SMILES string of the molecule is CCOC(C[Si])C(OCC)(OCC)Oc1ccc(C(=O)c2ccccc2)c(O)c1. The number of carbonyl (C=O) groups is 1. The Balaban J connectivity index is 2.34. The monoisotopic (exact) mass is 415 g/mol. The predicted octanol–water partition coefficient (Wildman–Crippen LogP) is 3.72. The summed E-state index contributed by atoms with van der Waals surface area (Å²) in [5, 5.41) is 10.5. The van der Waals surface area contributed by atoms with Crippen LogP contribution in [0.2, 0.25) is 6.04 Å². The summed E-state index contributed by atoms with van der Waals surface area (Å²) in [6.45, 7) is 6.61. The summed E-state index contributed by atoms with van der Waals surface area (Å²) < 4.78 is 23.4. The van der Waals surface area contributed by atoms with Crippen LogP contribution in [-0.2, 0) is 14.2 Å². The van der Waals surface area contributed by atoms with Gasteiger partial charge in [0.1, 0.15) is 17.6 Å². The second-order valence-corrected chi connectivity index (χ2v) is 6.50. The van der Waals surface area contributed by atoms with Gasteiger partial charge in [0.25, 0.3) is 0 Å². The van der Waals surface area contributed by atoms with E-state index in [-0.39, 0.29) is 17.1 Å². The number of rotatable bonds is 12. The van der Waals surface area contributed by atoms with Crippen molar-refractivity contribution in [1.29, 1.82) is 0 Å². The summed E-state index contributed by atoms with van der Waals surface area (Å²) in [5.41, 5.74) is 0.674. The first kappa shape index (κ1) is 23.1. The van der Waals surface area contributed by atoms with E-state index in [4.69, 9.17) is 18.9 Å². The van der Waals surface area contributed by atoms with Gasteiger partial charge in [0.15, 0.2) is 5.78 Å². The predicted molar refractivity (Wildman–Crippen MR) is 111 cm³/mol. The Kier molecular flexibility index (Phi) is 8.85.